The molecule has 0 bridgehead atoms. The molecular weight excluding hydrogens is 266 g/mol. The van der Waals surface area contributed by atoms with E-state index in [0.29, 0.717) is 22.6 Å². The maximum atomic E-state index is 12.4. The van der Waals surface area contributed by atoms with Gasteiger partial charge in [-0.1, -0.05) is 12.1 Å². The summed E-state index contributed by atoms with van der Waals surface area (Å²) in [7, 11) is 0. The molecule has 3 aromatic rings. The first-order chi connectivity index (χ1) is 10.3. The predicted molar refractivity (Wildman–Crippen MR) is 77.1 cm³/mol. The van der Waals surface area contributed by atoms with Crippen LogP contribution in [0.25, 0.3) is 11.0 Å². The van der Waals surface area contributed by atoms with E-state index < -0.39 is 0 Å². The molecule has 100 valence electrons. The third-order valence-corrected chi connectivity index (χ3v) is 3.47. The van der Waals surface area contributed by atoms with E-state index >= 15 is 0 Å². The molecule has 0 unspecified atom stereocenters. The lowest BCUT2D eigenvalue weighted by Gasteiger charge is -2.12. The number of carbonyl (C=O) groups excluding carboxylic acids is 2. The van der Waals surface area contributed by atoms with Gasteiger partial charge in [-0.25, -0.2) is 14.9 Å². The molecule has 21 heavy (non-hydrogen) atoms. The van der Waals surface area contributed by atoms with Crippen LogP contribution in [0.3, 0.4) is 0 Å². The third-order valence-electron chi connectivity index (χ3n) is 3.47. The highest BCUT2D eigenvalue weighted by atomic mass is 16.2. The van der Waals surface area contributed by atoms with Crippen LogP contribution in [0.1, 0.15) is 20.7 Å². The molecule has 1 aromatic carbocycles. The van der Waals surface area contributed by atoms with Crippen LogP contribution in [0, 0.1) is 0 Å². The van der Waals surface area contributed by atoms with Crippen molar-refractivity contribution in [3.05, 3.63) is 65.9 Å². The molecule has 5 heteroatoms. The normalized spacial score (nSPS) is 13.8. The van der Waals surface area contributed by atoms with E-state index in [9.17, 15) is 9.59 Å². The van der Waals surface area contributed by atoms with Gasteiger partial charge in [0.15, 0.2) is 5.65 Å². The zero-order chi connectivity index (χ0) is 14.4. The second-order valence-electron chi connectivity index (χ2n) is 4.71. The van der Waals surface area contributed by atoms with E-state index in [1.165, 1.54) is 0 Å². The summed E-state index contributed by atoms with van der Waals surface area (Å²) in [6, 6.07) is 13.9. The molecule has 0 aliphatic carbocycles. The lowest BCUT2D eigenvalue weighted by atomic mass is 10.1. The van der Waals surface area contributed by atoms with Crippen molar-refractivity contribution in [2.75, 3.05) is 4.90 Å². The lowest BCUT2D eigenvalue weighted by molar-refractivity contribution is 0.0925. The minimum Gasteiger partial charge on any atom is -0.268 e. The van der Waals surface area contributed by atoms with E-state index in [2.05, 4.69) is 9.97 Å². The number of aromatic nitrogens is 2. The van der Waals surface area contributed by atoms with Crippen molar-refractivity contribution in [1.29, 1.82) is 0 Å². The Balaban J connectivity index is 1.86. The second-order valence-corrected chi connectivity index (χ2v) is 4.71. The van der Waals surface area contributed by atoms with Crippen LogP contribution >= 0.6 is 0 Å². The van der Waals surface area contributed by atoms with Crippen molar-refractivity contribution >= 4 is 28.7 Å². The standard InChI is InChI=1S/C16H9N3O2/c20-15-11-5-1-2-6-12(11)16(21)19(15)13-8-7-10-4-3-9-17-14(10)18-13/h1-9H. The molecule has 5 nitrogen and oxygen atoms in total. The number of hydrogen-bond acceptors (Lipinski definition) is 4. The Bertz CT molecular complexity index is 870. The van der Waals surface area contributed by atoms with Crippen LogP contribution in [-0.4, -0.2) is 21.8 Å². The zero-order valence-electron chi connectivity index (χ0n) is 10.9. The number of anilines is 1. The quantitative estimate of drug-likeness (QED) is 0.640. The molecule has 3 heterocycles. The summed E-state index contributed by atoms with van der Waals surface area (Å²) in [6.45, 7) is 0. The monoisotopic (exact) mass is 275 g/mol. The van der Waals surface area contributed by atoms with Crippen LogP contribution in [0.5, 0.6) is 0 Å². The van der Waals surface area contributed by atoms with Gasteiger partial charge in [-0.3, -0.25) is 9.59 Å². The number of amides is 2. The fourth-order valence-corrected chi connectivity index (χ4v) is 2.46. The smallest absolute Gasteiger partial charge is 0.267 e. The molecule has 0 radical (unpaired) electrons. The molecule has 4 rings (SSSR count). The second kappa shape index (κ2) is 4.21. The highest BCUT2D eigenvalue weighted by molar-refractivity contribution is 6.34. The Kier molecular flexibility index (Phi) is 2.35. The molecule has 0 spiro atoms. The van der Waals surface area contributed by atoms with E-state index in [1.54, 1.807) is 42.6 Å². The first kappa shape index (κ1) is 11.7. The molecule has 2 aromatic heterocycles. The largest absolute Gasteiger partial charge is 0.268 e. The fourth-order valence-electron chi connectivity index (χ4n) is 2.46. The van der Waals surface area contributed by atoms with Crippen molar-refractivity contribution in [3.8, 4) is 0 Å². The summed E-state index contributed by atoms with van der Waals surface area (Å²) in [5.41, 5.74) is 1.32. The summed E-state index contributed by atoms with van der Waals surface area (Å²) in [5, 5.41) is 0.859. The zero-order valence-corrected chi connectivity index (χ0v) is 10.9. The first-order valence-electron chi connectivity index (χ1n) is 6.45. The number of rotatable bonds is 1. The number of carbonyl (C=O) groups is 2. The molecule has 0 fully saturated rings. The van der Waals surface area contributed by atoms with E-state index in [0.717, 1.165) is 10.3 Å². The molecule has 2 amide bonds. The Hall–Kier alpha value is -3.08. The number of hydrogen-bond donors (Lipinski definition) is 0. The van der Waals surface area contributed by atoms with Gasteiger partial charge in [0.1, 0.15) is 5.82 Å². The van der Waals surface area contributed by atoms with Crippen molar-refractivity contribution in [2.24, 2.45) is 0 Å². The van der Waals surface area contributed by atoms with Gasteiger partial charge in [-0.15, -0.1) is 0 Å². The molecule has 0 saturated carbocycles. The van der Waals surface area contributed by atoms with Gasteiger partial charge in [0.25, 0.3) is 11.8 Å². The van der Waals surface area contributed by atoms with Gasteiger partial charge in [-0.05, 0) is 36.4 Å². The third kappa shape index (κ3) is 1.64. The van der Waals surface area contributed by atoms with Crippen LogP contribution in [0.4, 0.5) is 5.82 Å². The number of benzene rings is 1. The van der Waals surface area contributed by atoms with Crippen LogP contribution in [0.2, 0.25) is 0 Å². The van der Waals surface area contributed by atoms with E-state index in [4.69, 9.17) is 0 Å². The van der Waals surface area contributed by atoms with E-state index in [-0.39, 0.29) is 11.8 Å². The number of fused-ring (bicyclic) bond motifs is 2. The van der Waals surface area contributed by atoms with Gasteiger partial charge in [0.2, 0.25) is 0 Å². The van der Waals surface area contributed by atoms with Crippen molar-refractivity contribution in [3.63, 3.8) is 0 Å². The maximum Gasteiger partial charge on any atom is 0.267 e. The Morgan fingerprint density at radius 1 is 0.810 bits per heavy atom. The van der Waals surface area contributed by atoms with Crippen LogP contribution in [0.15, 0.2) is 54.7 Å². The summed E-state index contributed by atoms with van der Waals surface area (Å²) in [5.74, 6) is -0.399. The molecule has 0 N–H and O–H groups in total. The highest BCUT2D eigenvalue weighted by Gasteiger charge is 2.37. The number of imide groups is 1. The van der Waals surface area contributed by atoms with Gasteiger partial charge >= 0.3 is 0 Å². The summed E-state index contributed by atoms with van der Waals surface area (Å²) in [4.78, 5) is 34.3. The summed E-state index contributed by atoms with van der Waals surface area (Å²) in [6.07, 6.45) is 1.63. The fraction of sp³-hybridized carbons (Fsp3) is 0. The average molecular weight is 275 g/mol. The Morgan fingerprint density at radius 2 is 1.52 bits per heavy atom. The lowest BCUT2D eigenvalue weighted by Crippen LogP contribution is -2.30. The summed E-state index contributed by atoms with van der Waals surface area (Å²) < 4.78 is 0. The molecule has 1 aliphatic heterocycles. The molecule has 0 atom stereocenters. The Labute approximate surface area is 119 Å². The minimum atomic E-state index is -0.349. The van der Waals surface area contributed by atoms with Crippen LogP contribution < -0.4 is 4.90 Å². The number of pyridine rings is 2. The minimum absolute atomic E-state index is 0.299. The number of nitrogens with zero attached hydrogens (tertiary/aromatic N) is 3. The van der Waals surface area contributed by atoms with Crippen LogP contribution in [-0.2, 0) is 0 Å². The highest BCUT2D eigenvalue weighted by Crippen LogP contribution is 2.27. The molecule has 1 aliphatic rings. The predicted octanol–water partition coefficient (Wildman–Crippen LogP) is 2.43. The Morgan fingerprint density at radius 3 is 2.24 bits per heavy atom. The van der Waals surface area contributed by atoms with Gasteiger partial charge in [0.05, 0.1) is 11.1 Å². The van der Waals surface area contributed by atoms with Gasteiger partial charge < -0.3 is 0 Å². The summed E-state index contributed by atoms with van der Waals surface area (Å²) >= 11 is 0. The topological polar surface area (TPSA) is 63.2 Å². The van der Waals surface area contributed by atoms with Crippen molar-refractivity contribution in [2.45, 2.75) is 0 Å². The maximum absolute atomic E-state index is 12.4. The van der Waals surface area contributed by atoms with Gasteiger partial charge in [-0.2, -0.15) is 0 Å². The van der Waals surface area contributed by atoms with Crippen molar-refractivity contribution < 1.29 is 9.59 Å². The van der Waals surface area contributed by atoms with Gasteiger partial charge in [0, 0.05) is 11.6 Å². The molecule has 0 saturated heterocycles. The molecular formula is C16H9N3O2. The average Bonchev–Trinajstić information content (AvgIpc) is 2.79. The van der Waals surface area contributed by atoms with Crippen molar-refractivity contribution in [1.82, 2.24) is 9.97 Å². The SMILES string of the molecule is O=C1c2ccccc2C(=O)N1c1ccc2cccnc2n1. The first-order valence-corrected chi connectivity index (χ1v) is 6.45. The van der Waals surface area contributed by atoms with E-state index in [1.807, 2.05) is 12.1 Å².